The molecule has 0 bridgehead atoms. The van der Waals surface area contributed by atoms with E-state index in [1.165, 1.54) is 5.69 Å². The van der Waals surface area contributed by atoms with Gasteiger partial charge in [0.05, 0.1) is 17.3 Å². The molecule has 0 aliphatic carbocycles. The number of ether oxygens (including phenoxy) is 1. The van der Waals surface area contributed by atoms with Gasteiger partial charge in [0.2, 0.25) is 0 Å². The highest BCUT2D eigenvalue weighted by Gasteiger charge is 2.21. The topological polar surface area (TPSA) is 27.7 Å². The number of hydrogen-bond acceptors (Lipinski definition) is 4. The fourth-order valence-corrected chi connectivity index (χ4v) is 2.77. The molecular weight excluding hydrogens is 250 g/mol. The zero-order chi connectivity index (χ0) is 12.5. The third-order valence-electron chi connectivity index (χ3n) is 3.58. The lowest BCUT2D eigenvalue weighted by atomic mass is 10.2. The Hall–Kier alpha value is -1.13. The van der Waals surface area contributed by atoms with Gasteiger partial charge in [0, 0.05) is 38.9 Å². The first-order valence-corrected chi connectivity index (χ1v) is 6.76. The average molecular weight is 268 g/mol. The Morgan fingerprint density at radius 2 is 2.00 bits per heavy atom. The van der Waals surface area contributed by atoms with Crippen LogP contribution in [0.4, 0.5) is 11.4 Å². The molecule has 98 valence electrons. The van der Waals surface area contributed by atoms with Crippen LogP contribution < -0.4 is 19.9 Å². The minimum absolute atomic E-state index is 0.705. The number of halogens is 1. The Labute approximate surface area is 112 Å². The van der Waals surface area contributed by atoms with Crippen molar-refractivity contribution >= 4 is 23.0 Å². The van der Waals surface area contributed by atoms with Crippen molar-refractivity contribution in [1.29, 1.82) is 0 Å². The van der Waals surface area contributed by atoms with Gasteiger partial charge >= 0.3 is 0 Å². The molecule has 1 fully saturated rings. The van der Waals surface area contributed by atoms with Crippen molar-refractivity contribution < 1.29 is 4.74 Å². The molecule has 0 radical (unpaired) electrons. The number of anilines is 2. The van der Waals surface area contributed by atoms with Gasteiger partial charge in [-0.15, -0.1) is 0 Å². The summed E-state index contributed by atoms with van der Waals surface area (Å²) in [6.45, 7) is 5.73. The second-order valence-corrected chi connectivity index (χ2v) is 5.19. The van der Waals surface area contributed by atoms with Crippen LogP contribution in [0.1, 0.15) is 0 Å². The first-order valence-electron chi connectivity index (χ1n) is 6.39. The zero-order valence-corrected chi connectivity index (χ0v) is 11.3. The Kier molecular flexibility index (Phi) is 3.22. The normalized spacial score (nSPS) is 19.4. The summed E-state index contributed by atoms with van der Waals surface area (Å²) < 4.78 is 5.66. The van der Waals surface area contributed by atoms with Crippen LogP contribution in [0.3, 0.4) is 0 Å². The molecule has 5 heteroatoms. The highest BCUT2D eigenvalue weighted by Crippen LogP contribution is 2.41. The first-order chi connectivity index (χ1) is 8.75. The number of hydrogen-bond donors (Lipinski definition) is 1. The van der Waals surface area contributed by atoms with E-state index in [1.54, 1.807) is 0 Å². The highest BCUT2D eigenvalue weighted by atomic mass is 35.5. The quantitative estimate of drug-likeness (QED) is 0.836. The standard InChI is InChI=1S/C13H18ClN3O/c1-16-6-7-18-13-11(14)8-10(9-12(13)16)17-4-2-15-3-5-17/h8-9,15H,2-7H2,1H3. The van der Waals surface area contributed by atoms with E-state index in [2.05, 4.69) is 28.2 Å². The van der Waals surface area contributed by atoms with Gasteiger partial charge in [-0.2, -0.15) is 0 Å². The molecule has 0 aromatic heterocycles. The molecule has 0 spiro atoms. The lowest BCUT2D eigenvalue weighted by Gasteiger charge is -2.33. The lowest BCUT2D eigenvalue weighted by molar-refractivity contribution is 0.311. The molecule has 1 saturated heterocycles. The summed E-state index contributed by atoms with van der Waals surface area (Å²) in [4.78, 5) is 4.57. The van der Waals surface area contributed by atoms with Crippen molar-refractivity contribution in [2.45, 2.75) is 0 Å². The van der Waals surface area contributed by atoms with E-state index in [9.17, 15) is 0 Å². The molecule has 0 saturated carbocycles. The van der Waals surface area contributed by atoms with E-state index in [0.29, 0.717) is 11.6 Å². The Bertz CT molecular complexity index is 446. The van der Waals surface area contributed by atoms with E-state index in [0.717, 1.165) is 44.2 Å². The molecule has 0 amide bonds. The average Bonchev–Trinajstić information content (AvgIpc) is 2.41. The van der Waals surface area contributed by atoms with Gasteiger partial charge in [0.25, 0.3) is 0 Å². The van der Waals surface area contributed by atoms with Gasteiger partial charge in [-0.1, -0.05) is 11.6 Å². The minimum Gasteiger partial charge on any atom is -0.488 e. The van der Waals surface area contributed by atoms with E-state index < -0.39 is 0 Å². The van der Waals surface area contributed by atoms with Gasteiger partial charge < -0.3 is 19.9 Å². The van der Waals surface area contributed by atoms with Gasteiger partial charge in [-0.3, -0.25) is 0 Å². The number of fused-ring (bicyclic) bond motifs is 1. The molecule has 2 aliphatic rings. The number of benzene rings is 1. The molecule has 2 aliphatic heterocycles. The van der Waals surface area contributed by atoms with Crippen molar-refractivity contribution in [1.82, 2.24) is 5.32 Å². The monoisotopic (exact) mass is 267 g/mol. The fraction of sp³-hybridized carbons (Fsp3) is 0.538. The summed E-state index contributed by atoms with van der Waals surface area (Å²) in [5.41, 5.74) is 2.29. The van der Waals surface area contributed by atoms with Gasteiger partial charge in [-0.25, -0.2) is 0 Å². The third-order valence-corrected chi connectivity index (χ3v) is 3.86. The Morgan fingerprint density at radius 1 is 1.22 bits per heavy atom. The number of piperazine rings is 1. The minimum atomic E-state index is 0.705. The van der Waals surface area contributed by atoms with Crippen LogP contribution >= 0.6 is 11.6 Å². The predicted molar refractivity (Wildman–Crippen MR) is 75.3 cm³/mol. The van der Waals surface area contributed by atoms with E-state index >= 15 is 0 Å². The number of rotatable bonds is 1. The van der Waals surface area contributed by atoms with Crippen molar-refractivity contribution in [2.75, 3.05) is 56.2 Å². The molecule has 0 unspecified atom stereocenters. The molecule has 3 rings (SSSR count). The third kappa shape index (κ3) is 2.10. The van der Waals surface area contributed by atoms with Crippen molar-refractivity contribution in [2.24, 2.45) is 0 Å². The van der Waals surface area contributed by atoms with E-state index in [-0.39, 0.29) is 0 Å². The molecule has 18 heavy (non-hydrogen) atoms. The van der Waals surface area contributed by atoms with Crippen LogP contribution in [0, 0.1) is 0 Å². The maximum Gasteiger partial charge on any atom is 0.161 e. The zero-order valence-electron chi connectivity index (χ0n) is 10.6. The van der Waals surface area contributed by atoms with Crippen molar-refractivity contribution in [3.05, 3.63) is 17.2 Å². The van der Waals surface area contributed by atoms with Crippen molar-refractivity contribution in [3.63, 3.8) is 0 Å². The van der Waals surface area contributed by atoms with Gasteiger partial charge in [0.15, 0.2) is 5.75 Å². The van der Waals surface area contributed by atoms with E-state index in [4.69, 9.17) is 16.3 Å². The van der Waals surface area contributed by atoms with Crippen molar-refractivity contribution in [3.8, 4) is 5.75 Å². The van der Waals surface area contributed by atoms with Crippen LogP contribution in [0.25, 0.3) is 0 Å². The van der Waals surface area contributed by atoms with Gasteiger partial charge in [-0.05, 0) is 12.1 Å². The summed E-state index contributed by atoms with van der Waals surface area (Å²) in [5.74, 6) is 0.823. The maximum absolute atomic E-state index is 6.34. The van der Waals surface area contributed by atoms with Crippen LogP contribution in [0.5, 0.6) is 5.75 Å². The van der Waals surface area contributed by atoms with Crippen LogP contribution in [0.15, 0.2) is 12.1 Å². The van der Waals surface area contributed by atoms with Gasteiger partial charge in [0.1, 0.15) is 6.61 Å². The maximum atomic E-state index is 6.34. The first kappa shape index (κ1) is 11.9. The molecular formula is C13H18ClN3O. The Morgan fingerprint density at radius 3 is 2.78 bits per heavy atom. The second-order valence-electron chi connectivity index (χ2n) is 4.78. The smallest absolute Gasteiger partial charge is 0.161 e. The van der Waals surface area contributed by atoms with E-state index in [1.807, 2.05) is 6.07 Å². The molecule has 1 aromatic carbocycles. The number of nitrogens with zero attached hydrogens (tertiary/aromatic N) is 2. The lowest BCUT2D eigenvalue weighted by Crippen LogP contribution is -2.43. The highest BCUT2D eigenvalue weighted by molar-refractivity contribution is 6.33. The number of likely N-dealkylation sites (N-methyl/N-ethyl adjacent to an activating group) is 1. The summed E-state index contributed by atoms with van der Waals surface area (Å²) >= 11 is 6.34. The molecule has 1 aromatic rings. The number of nitrogens with one attached hydrogen (secondary N) is 1. The summed E-state index contributed by atoms with van der Waals surface area (Å²) in [5, 5.41) is 4.08. The predicted octanol–water partition coefficient (Wildman–Crippen LogP) is 1.58. The molecule has 4 nitrogen and oxygen atoms in total. The van der Waals surface area contributed by atoms with Crippen LogP contribution in [-0.4, -0.2) is 46.4 Å². The fourth-order valence-electron chi connectivity index (χ4n) is 2.50. The largest absolute Gasteiger partial charge is 0.488 e. The summed E-state index contributed by atoms with van der Waals surface area (Å²) in [6, 6.07) is 4.20. The summed E-state index contributed by atoms with van der Waals surface area (Å²) in [6.07, 6.45) is 0. The molecule has 2 heterocycles. The molecule has 0 atom stereocenters. The van der Waals surface area contributed by atoms with Crippen LogP contribution in [-0.2, 0) is 0 Å². The SMILES string of the molecule is CN1CCOc2c(Cl)cc(N3CCNCC3)cc21. The van der Waals surface area contributed by atoms with Crippen LogP contribution in [0.2, 0.25) is 5.02 Å². The second kappa shape index (κ2) is 4.86. The summed E-state index contributed by atoms with van der Waals surface area (Å²) in [7, 11) is 2.08. The molecule has 1 N–H and O–H groups in total. The Balaban J connectivity index is 1.96.